The number of halogens is 1. The summed E-state index contributed by atoms with van der Waals surface area (Å²) >= 11 is 0. The zero-order valence-electron chi connectivity index (χ0n) is 20.3. The number of benzene rings is 2. The van der Waals surface area contributed by atoms with E-state index in [1.165, 1.54) is 39.6 Å². The van der Waals surface area contributed by atoms with Gasteiger partial charge in [0.05, 0.1) is 23.3 Å². The Labute approximate surface area is 206 Å². The minimum atomic E-state index is -4.08. The average Bonchev–Trinajstić information content (AvgIpc) is 3.57. The number of hydrogen-bond acceptors (Lipinski definition) is 6. The molecule has 1 N–H and O–H groups in total. The summed E-state index contributed by atoms with van der Waals surface area (Å²) in [4.78, 5) is 16.6. The van der Waals surface area contributed by atoms with Gasteiger partial charge in [-0.15, -0.1) is 0 Å². The molecule has 1 saturated carbocycles. The van der Waals surface area contributed by atoms with Gasteiger partial charge in [0, 0.05) is 39.5 Å². The van der Waals surface area contributed by atoms with Crippen molar-refractivity contribution in [1.29, 1.82) is 0 Å². The van der Waals surface area contributed by atoms with Gasteiger partial charge in [-0.25, -0.2) is 14.2 Å². The Hall–Kier alpha value is -3.80. The van der Waals surface area contributed by atoms with Crippen molar-refractivity contribution in [2.75, 3.05) is 11.3 Å². The lowest BCUT2D eigenvalue weighted by Gasteiger charge is -2.15. The summed E-state index contributed by atoms with van der Waals surface area (Å²) in [7, 11) is 0.812. The summed E-state index contributed by atoms with van der Waals surface area (Å²) in [5.74, 6) is 0.870. The number of hydrogen-bond donors (Lipinski definition) is 1. The molecular formula is C24H26FN5O5S. The maximum atomic E-state index is 14.3. The Bertz CT molecular complexity index is 1630. The van der Waals surface area contributed by atoms with Gasteiger partial charge in [0.25, 0.3) is 10.0 Å². The van der Waals surface area contributed by atoms with Gasteiger partial charge in [-0.2, -0.15) is 8.42 Å². The van der Waals surface area contributed by atoms with Crippen LogP contribution in [0.1, 0.15) is 18.7 Å². The molecule has 0 radical (unpaired) electrons. The third-order valence-corrected chi connectivity index (χ3v) is 7.52. The number of sulfonamides is 1. The van der Waals surface area contributed by atoms with E-state index in [2.05, 4.69) is 9.71 Å². The molecule has 2 aromatic carbocycles. The SMILES string of the molecule is Cc1nc(S(=O)(=O)Nc2cc3c(cc2Oc2ccc(F)c(OCC4CC4)c2)n(C)c(=O)n3C)cn1C. The maximum absolute atomic E-state index is 14.3. The van der Waals surface area contributed by atoms with Crippen LogP contribution in [-0.2, 0) is 31.2 Å². The summed E-state index contributed by atoms with van der Waals surface area (Å²) in [6.45, 7) is 2.11. The minimum absolute atomic E-state index is 0.0543. The van der Waals surface area contributed by atoms with Crippen LogP contribution in [0.15, 0.2) is 46.3 Å². The Kier molecular flexibility index (Phi) is 5.78. The highest BCUT2D eigenvalue weighted by atomic mass is 32.2. The molecule has 0 amide bonds. The molecule has 2 heterocycles. The molecule has 0 unspecified atom stereocenters. The molecule has 10 nitrogen and oxygen atoms in total. The first-order chi connectivity index (χ1) is 17.0. The van der Waals surface area contributed by atoms with E-state index < -0.39 is 15.8 Å². The number of rotatable bonds is 8. The van der Waals surface area contributed by atoms with Crippen molar-refractivity contribution >= 4 is 26.7 Å². The number of nitrogens with one attached hydrogen (secondary N) is 1. The first-order valence-electron chi connectivity index (χ1n) is 11.4. The molecule has 1 fully saturated rings. The number of anilines is 1. The van der Waals surface area contributed by atoms with Gasteiger partial charge in [0.2, 0.25) is 0 Å². The van der Waals surface area contributed by atoms with Gasteiger partial charge in [0.15, 0.2) is 22.3 Å². The number of aromatic nitrogens is 4. The molecule has 1 aliphatic rings. The fourth-order valence-electron chi connectivity index (χ4n) is 3.82. The van der Waals surface area contributed by atoms with Crippen LogP contribution in [0.4, 0.5) is 10.1 Å². The fourth-order valence-corrected chi connectivity index (χ4v) is 4.92. The summed E-state index contributed by atoms with van der Waals surface area (Å²) in [6, 6.07) is 7.16. The lowest BCUT2D eigenvalue weighted by molar-refractivity contribution is 0.284. The Morgan fingerprint density at radius 1 is 1.08 bits per heavy atom. The quantitative estimate of drug-likeness (QED) is 0.385. The molecule has 190 valence electrons. The summed E-state index contributed by atoms with van der Waals surface area (Å²) in [5, 5.41) is -0.159. The van der Waals surface area contributed by atoms with E-state index in [-0.39, 0.29) is 33.7 Å². The van der Waals surface area contributed by atoms with Gasteiger partial charge in [0.1, 0.15) is 11.6 Å². The second-order valence-corrected chi connectivity index (χ2v) is 10.7. The molecule has 0 spiro atoms. The van der Waals surface area contributed by atoms with E-state index >= 15 is 0 Å². The van der Waals surface area contributed by atoms with Crippen LogP contribution < -0.4 is 19.9 Å². The summed E-state index contributed by atoms with van der Waals surface area (Å²) in [5.41, 5.74) is 0.837. The van der Waals surface area contributed by atoms with Crippen molar-refractivity contribution in [2.24, 2.45) is 27.1 Å². The van der Waals surface area contributed by atoms with Gasteiger partial charge >= 0.3 is 5.69 Å². The van der Waals surface area contributed by atoms with Crippen LogP contribution >= 0.6 is 0 Å². The first-order valence-corrected chi connectivity index (χ1v) is 12.8. The highest BCUT2D eigenvalue weighted by Gasteiger charge is 2.24. The van der Waals surface area contributed by atoms with Gasteiger partial charge < -0.3 is 14.0 Å². The van der Waals surface area contributed by atoms with E-state index in [4.69, 9.17) is 9.47 Å². The largest absolute Gasteiger partial charge is 0.490 e. The zero-order chi connectivity index (χ0) is 25.8. The molecule has 0 atom stereocenters. The number of aryl methyl sites for hydroxylation is 4. The highest BCUT2D eigenvalue weighted by molar-refractivity contribution is 7.92. The predicted octanol–water partition coefficient (Wildman–Crippen LogP) is 3.44. The molecule has 0 saturated heterocycles. The molecule has 0 aliphatic heterocycles. The number of fused-ring (bicyclic) bond motifs is 1. The summed E-state index contributed by atoms with van der Waals surface area (Å²) < 4.78 is 59.1. The average molecular weight is 516 g/mol. The third kappa shape index (κ3) is 4.43. The van der Waals surface area contributed by atoms with Crippen LogP contribution in [0.3, 0.4) is 0 Å². The molecule has 1 aliphatic carbocycles. The van der Waals surface area contributed by atoms with Crippen molar-refractivity contribution in [1.82, 2.24) is 18.7 Å². The second-order valence-electron chi connectivity index (χ2n) is 9.03. The lowest BCUT2D eigenvalue weighted by Crippen LogP contribution is -2.19. The molecule has 4 aromatic rings. The molecule has 0 bridgehead atoms. The lowest BCUT2D eigenvalue weighted by atomic mass is 10.2. The monoisotopic (exact) mass is 515 g/mol. The van der Waals surface area contributed by atoms with E-state index in [0.717, 1.165) is 12.8 Å². The van der Waals surface area contributed by atoms with Crippen molar-refractivity contribution in [3.8, 4) is 17.2 Å². The zero-order valence-corrected chi connectivity index (χ0v) is 21.1. The maximum Gasteiger partial charge on any atom is 0.328 e. The summed E-state index contributed by atoms with van der Waals surface area (Å²) in [6.07, 6.45) is 3.53. The van der Waals surface area contributed by atoms with Gasteiger partial charge in [-0.3, -0.25) is 13.9 Å². The molecule has 12 heteroatoms. The van der Waals surface area contributed by atoms with Crippen LogP contribution in [0.2, 0.25) is 0 Å². The van der Waals surface area contributed by atoms with Crippen LogP contribution in [0.5, 0.6) is 17.2 Å². The van der Waals surface area contributed by atoms with E-state index in [9.17, 15) is 17.6 Å². The minimum Gasteiger partial charge on any atom is -0.490 e. The Morgan fingerprint density at radius 3 is 2.42 bits per heavy atom. The van der Waals surface area contributed by atoms with Crippen molar-refractivity contribution < 1.29 is 22.3 Å². The smallest absolute Gasteiger partial charge is 0.328 e. The van der Waals surface area contributed by atoms with E-state index in [1.807, 2.05) is 0 Å². The normalized spacial score (nSPS) is 13.8. The van der Waals surface area contributed by atoms with E-state index in [1.54, 1.807) is 38.7 Å². The highest BCUT2D eigenvalue weighted by Crippen LogP contribution is 2.37. The van der Waals surface area contributed by atoms with Gasteiger partial charge in [-0.05, 0) is 43.9 Å². The molecular weight excluding hydrogens is 489 g/mol. The number of nitrogens with zero attached hydrogens (tertiary/aromatic N) is 4. The molecule has 2 aromatic heterocycles. The second kappa shape index (κ2) is 8.70. The topological polar surface area (TPSA) is 109 Å². The van der Waals surface area contributed by atoms with Crippen LogP contribution in [-0.4, -0.2) is 33.7 Å². The van der Waals surface area contributed by atoms with Crippen LogP contribution in [0.25, 0.3) is 11.0 Å². The fraction of sp³-hybridized carbons (Fsp3) is 0.333. The van der Waals surface area contributed by atoms with Crippen LogP contribution in [0, 0.1) is 18.7 Å². The Balaban J connectivity index is 1.56. The van der Waals surface area contributed by atoms with E-state index in [0.29, 0.717) is 29.4 Å². The number of imidazole rings is 2. The van der Waals surface area contributed by atoms with Crippen molar-refractivity contribution in [3.63, 3.8) is 0 Å². The predicted molar refractivity (Wildman–Crippen MR) is 132 cm³/mol. The first kappa shape index (κ1) is 23.9. The Morgan fingerprint density at radius 2 is 1.78 bits per heavy atom. The molecule has 5 rings (SSSR count). The third-order valence-electron chi connectivity index (χ3n) is 6.28. The standard InChI is InChI=1S/C24H26FN5O5S/c1-14-26-23(12-28(14)2)36(32,33)27-18-10-19-20(30(4)24(31)29(19)3)11-22(18)35-16-7-8-17(25)21(9-16)34-13-15-5-6-15/h7-12,15,27H,5-6,13H2,1-4H3. The van der Waals surface area contributed by atoms with Gasteiger partial charge in [-0.1, -0.05) is 0 Å². The molecule has 36 heavy (non-hydrogen) atoms. The van der Waals surface area contributed by atoms with Crippen molar-refractivity contribution in [2.45, 2.75) is 24.8 Å². The van der Waals surface area contributed by atoms with Crippen molar-refractivity contribution in [3.05, 3.63) is 58.7 Å². The number of ether oxygens (including phenoxy) is 2.